The van der Waals surface area contributed by atoms with Gasteiger partial charge in [0.2, 0.25) is 0 Å². The van der Waals surface area contributed by atoms with Crippen molar-refractivity contribution in [3.8, 4) is 0 Å². The number of benzene rings is 2. The van der Waals surface area contributed by atoms with Gasteiger partial charge in [-0.3, -0.25) is 0 Å². The molecular formula is C23H30N2. The van der Waals surface area contributed by atoms with Gasteiger partial charge in [0.05, 0.1) is 0 Å². The first kappa shape index (κ1) is 17.6. The van der Waals surface area contributed by atoms with E-state index in [4.69, 9.17) is 0 Å². The largest absolute Gasteiger partial charge is 0.382 e. The number of anilines is 1. The molecule has 0 saturated heterocycles. The van der Waals surface area contributed by atoms with E-state index in [0.29, 0.717) is 12.0 Å². The van der Waals surface area contributed by atoms with Crippen molar-refractivity contribution in [2.75, 3.05) is 5.32 Å². The van der Waals surface area contributed by atoms with Crippen molar-refractivity contribution in [1.82, 2.24) is 4.98 Å². The SMILES string of the molecule is Cc1cc(C)cc(NC(C)Cc2cc(C)c3[nH]cc(C(C)C)c3c2)c1. The van der Waals surface area contributed by atoms with Gasteiger partial charge in [-0.25, -0.2) is 0 Å². The molecule has 3 rings (SSSR count). The Labute approximate surface area is 151 Å². The Bertz CT molecular complexity index is 866. The van der Waals surface area contributed by atoms with Crippen LogP contribution in [0, 0.1) is 20.8 Å². The van der Waals surface area contributed by atoms with Gasteiger partial charge in [-0.1, -0.05) is 26.0 Å². The third-order valence-electron chi connectivity index (χ3n) is 4.88. The van der Waals surface area contributed by atoms with Gasteiger partial charge in [-0.2, -0.15) is 0 Å². The van der Waals surface area contributed by atoms with Gasteiger partial charge < -0.3 is 10.3 Å². The number of aromatic nitrogens is 1. The Morgan fingerprint density at radius 3 is 2.24 bits per heavy atom. The molecule has 2 nitrogen and oxygen atoms in total. The molecule has 2 aromatic carbocycles. The second kappa shape index (κ2) is 6.95. The van der Waals surface area contributed by atoms with Crippen LogP contribution < -0.4 is 5.32 Å². The third-order valence-corrected chi connectivity index (χ3v) is 4.88. The number of fused-ring (bicyclic) bond motifs is 1. The molecule has 0 bridgehead atoms. The van der Waals surface area contributed by atoms with Crippen molar-refractivity contribution < 1.29 is 0 Å². The van der Waals surface area contributed by atoms with Crippen LogP contribution in [-0.4, -0.2) is 11.0 Å². The molecule has 0 radical (unpaired) electrons. The van der Waals surface area contributed by atoms with E-state index >= 15 is 0 Å². The molecular weight excluding hydrogens is 304 g/mol. The van der Waals surface area contributed by atoms with E-state index in [1.165, 1.54) is 44.4 Å². The maximum atomic E-state index is 3.66. The minimum absolute atomic E-state index is 0.388. The summed E-state index contributed by atoms with van der Waals surface area (Å²) in [5.74, 6) is 0.536. The number of aryl methyl sites for hydroxylation is 3. The lowest BCUT2D eigenvalue weighted by Gasteiger charge is -2.17. The minimum Gasteiger partial charge on any atom is -0.382 e. The summed E-state index contributed by atoms with van der Waals surface area (Å²) >= 11 is 0. The zero-order valence-electron chi connectivity index (χ0n) is 16.3. The number of rotatable bonds is 5. The van der Waals surface area contributed by atoms with Gasteiger partial charge >= 0.3 is 0 Å². The molecule has 0 aliphatic heterocycles. The number of nitrogens with one attached hydrogen (secondary N) is 2. The highest BCUT2D eigenvalue weighted by atomic mass is 14.9. The highest BCUT2D eigenvalue weighted by Crippen LogP contribution is 2.29. The van der Waals surface area contributed by atoms with Crippen molar-refractivity contribution in [2.24, 2.45) is 0 Å². The van der Waals surface area contributed by atoms with E-state index in [0.717, 1.165) is 6.42 Å². The Morgan fingerprint density at radius 1 is 0.920 bits per heavy atom. The van der Waals surface area contributed by atoms with Crippen LogP contribution in [0.2, 0.25) is 0 Å². The smallest absolute Gasteiger partial charge is 0.0486 e. The molecule has 1 atom stereocenters. The lowest BCUT2D eigenvalue weighted by atomic mass is 9.97. The van der Waals surface area contributed by atoms with E-state index in [9.17, 15) is 0 Å². The first-order chi connectivity index (χ1) is 11.8. The summed E-state index contributed by atoms with van der Waals surface area (Å²) in [4.78, 5) is 3.45. The fraction of sp³-hybridized carbons (Fsp3) is 0.391. The molecule has 0 fully saturated rings. The maximum absolute atomic E-state index is 3.66. The molecule has 25 heavy (non-hydrogen) atoms. The molecule has 0 spiro atoms. The predicted molar refractivity (Wildman–Crippen MR) is 110 cm³/mol. The molecule has 1 aromatic heterocycles. The second-order valence-electron chi connectivity index (χ2n) is 7.86. The molecule has 0 saturated carbocycles. The zero-order valence-corrected chi connectivity index (χ0v) is 16.3. The second-order valence-corrected chi connectivity index (χ2v) is 7.86. The van der Waals surface area contributed by atoms with Crippen LogP contribution in [0.1, 0.15) is 54.5 Å². The number of H-pyrrole nitrogens is 1. The topological polar surface area (TPSA) is 27.8 Å². The quantitative estimate of drug-likeness (QED) is 0.566. The van der Waals surface area contributed by atoms with Gasteiger partial charge in [-0.15, -0.1) is 0 Å². The van der Waals surface area contributed by atoms with Gasteiger partial charge in [-0.05, 0) is 86.1 Å². The number of aromatic amines is 1. The molecule has 2 heteroatoms. The fourth-order valence-corrected chi connectivity index (χ4v) is 3.85. The van der Waals surface area contributed by atoms with Gasteiger partial charge in [0, 0.05) is 28.8 Å². The van der Waals surface area contributed by atoms with Crippen LogP contribution >= 0.6 is 0 Å². The molecule has 1 heterocycles. The summed E-state index contributed by atoms with van der Waals surface area (Å²) in [6.07, 6.45) is 3.19. The number of hydrogen-bond acceptors (Lipinski definition) is 1. The fourth-order valence-electron chi connectivity index (χ4n) is 3.85. The van der Waals surface area contributed by atoms with E-state index in [1.807, 2.05) is 0 Å². The summed E-state index contributed by atoms with van der Waals surface area (Å²) in [5.41, 5.74) is 9.25. The van der Waals surface area contributed by atoms with E-state index in [-0.39, 0.29) is 0 Å². The van der Waals surface area contributed by atoms with E-state index in [1.54, 1.807) is 0 Å². The van der Waals surface area contributed by atoms with Gasteiger partial charge in [0.1, 0.15) is 0 Å². The van der Waals surface area contributed by atoms with Gasteiger partial charge in [0.25, 0.3) is 0 Å². The normalized spacial score (nSPS) is 12.8. The Morgan fingerprint density at radius 2 is 1.60 bits per heavy atom. The average Bonchev–Trinajstić information content (AvgIpc) is 2.90. The lowest BCUT2D eigenvalue weighted by molar-refractivity contribution is 0.790. The molecule has 0 amide bonds. The maximum Gasteiger partial charge on any atom is 0.0486 e. The Kier molecular flexibility index (Phi) is 4.89. The van der Waals surface area contributed by atoms with Crippen LogP contribution in [-0.2, 0) is 6.42 Å². The van der Waals surface area contributed by atoms with Crippen LogP contribution in [0.3, 0.4) is 0 Å². The standard InChI is InChI=1S/C23H30N2/c1-14(2)22-13-24-23-17(5)10-19(12-21(22)23)11-18(6)25-20-8-15(3)7-16(4)9-20/h7-10,12-14,18,24-25H,11H2,1-6H3. The summed E-state index contributed by atoms with van der Waals surface area (Å²) in [5, 5.41) is 5.04. The van der Waals surface area contributed by atoms with E-state index < -0.39 is 0 Å². The van der Waals surface area contributed by atoms with Crippen molar-refractivity contribution in [1.29, 1.82) is 0 Å². The van der Waals surface area contributed by atoms with Crippen LogP contribution in [0.5, 0.6) is 0 Å². The highest BCUT2D eigenvalue weighted by Gasteiger charge is 2.12. The van der Waals surface area contributed by atoms with Crippen molar-refractivity contribution in [3.05, 3.63) is 64.3 Å². The average molecular weight is 335 g/mol. The van der Waals surface area contributed by atoms with E-state index in [2.05, 4.69) is 88.4 Å². The zero-order chi connectivity index (χ0) is 18.1. The molecule has 3 aromatic rings. The Balaban J connectivity index is 1.83. The summed E-state index contributed by atoms with van der Waals surface area (Å²) in [7, 11) is 0. The highest BCUT2D eigenvalue weighted by molar-refractivity contribution is 5.87. The summed E-state index contributed by atoms with van der Waals surface area (Å²) < 4.78 is 0. The van der Waals surface area contributed by atoms with Gasteiger partial charge in [0.15, 0.2) is 0 Å². The van der Waals surface area contributed by atoms with Crippen molar-refractivity contribution in [3.63, 3.8) is 0 Å². The molecule has 2 N–H and O–H groups in total. The number of hydrogen-bond donors (Lipinski definition) is 2. The van der Waals surface area contributed by atoms with Crippen LogP contribution in [0.25, 0.3) is 10.9 Å². The van der Waals surface area contributed by atoms with Crippen LogP contribution in [0.15, 0.2) is 36.5 Å². The first-order valence-electron chi connectivity index (χ1n) is 9.29. The van der Waals surface area contributed by atoms with Crippen LogP contribution in [0.4, 0.5) is 5.69 Å². The molecule has 0 aliphatic rings. The lowest BCUT2D eigenvalue weighted by Crippen LogP contribution is -2.18. The summed E-state index contributed by atoms with van der Waals surface area (Å²) in [6, 6.07) is 11.7. The molecule has 132 valence electrons. The Hall–Kier alpha value is -2.22. The monoisotopic (exact) mass is 334 g/mol. The predicted octanol–water partition coefficient (Wildman–Crippen LogP) is 6.26. The minimum atomic E-state index is 0.388. The first-order valence-corrected chi connectivity index (χ1v) is 9.29. The molecule has 0 aliphatic carbocycles. The third kappa shape index (κ3) is 3.89. The van der Waals surface area contributed by atoms with Crippen molar-refractivity contribution >= 4 is 16.6 Å². The summed E-state index contributed by atoms with van der Waals surface area (Å²) in [6.45, 7) is 13.3. The molecule has 1 unspecified atom stereocenters. The van der Waals surface area contributed by atoms with Crippen molar-refractivity contribution in [2.45, 2.75) is 59.9 Å².